The molecule has 0 radical (unpaired) electrons. The molecule has 9 heteroatoms. The normalized spacial score (nSPS) is 12.1. The molecule has 0 spiro atoms. The van der Waals surface area contributed by atoms with Crippen molar-refractivity contribution in [3.8, 4) is 0 Å². The van der Waals surface area contributed by atoms with Gasteiger partial charge in [0.1, 0.15) is 4.60 Å². The first-order valence-corrected chi connectivity index (χ1v) is 8.77. The molecule has 0 unspecified atom stereocenters. The highest BCUT2D eigenvalue weighted by Gasteiger charge is 2.04. The molecule has 0 bridgehead atoms. The Morgan fingerprint density at radius 3 is 2.85 bits per heavy atom. The Labute approximate surface area is 126 Å². The average Bonchev–Trinajstić information content (AvgIpc) is 2.75. The predicted octanol–water partition coefficient (Wildman–Crippen LogP) is 0.521. The molecule has 7 nitrogen and oxygen atoms in total. The van der Waals surface area contributed by atoms with Gasteiger partial charge >= 0.3 is 0 Å². The van der Waals surface area contributed by atoms with Gasteiger partial charge in [-0.25, -0.2) is 23.1 Å². The zero-order chi connectivity index (χ0) is 14.6. The van der Waals surface area contributed by atoms with E-state index in [4.69, 9.17) is 0 Å². The Balaban J connectivity index is 1.80. The number of imidazole rings is 1. The molecule has 2 rings (SSSR count). The van der Waals surface area contributed by atoms with Crippen molar-refractivity contribution in [2.24, 2.45) is 0 Å². The van der Waals surface area contributed by atoms with Crippen LogP contribution in [-0.2, 0) is 16.6 Å². The molecule has 0 aliphatic carbocycles. The fourth-order valence-corrected chi connectivity index (χ4v) is 2.56. The summed E-state index contributed by atoms with van der Waals surface area (Å²) in [5.74, 6) is 0. The van der Waals surface area contributed by atoms with Gasteiger partial charge in [-0.2, -0.15) is 0 Å². The lowest BCUT2D eigenvalue weighted by Crippen LogP contribution is -2.26. The van der Waals surface area contributed by atoms with Gasteiger partial charge in [0, 0.05) is 19.3 Å². The lowest BCUT2D eigenvalue weighted by atomic mass is 10.4. The monoisotopic (exact) mass is 361 g/mol. The van der Waals surface area contributed by atoms with Crippen molar-refractivity contribution in [3.05, 3.63) is 28.9 Å². The Bertz CT molecular complexity index is 685. The van der Waals surface area contributed by atoms with Crippen molar-refractivity contribution >= 4 is 31.6 Å². The van der Waals surface area contributed by atoms with Crippen LogP contribution in [0.2, 0.25) is 0 Å². The first-order chi connectivity index (χ1) is 9.46. The summed E-state index contributed by atoms with van der Waals surface area (Å²) in [5.41, 5.74) is 1.82. The van der Waals surface area contributed by atoms with Gasteiger partial charge in [-0.15, -0.1) is 0 Å². The maximum Gasteiger partial charge on any atom is 0.208 e. The van der Waals surface area contributed by atoms with Crippen LogP contribution in [0, 0.1) is 0 Å². The number of sulfonamides is 1. The summed E-state index contributed by atoms with van der Waals surface area (Å²) in [4.78, 5) is 8.37. The van der Waals surface area contributed by atoms with E-state index in [0.29, 0.717) is 13.1 Å². The molecule has 20 heavy (non-hydrogen) atoms. The van der Waals surface area contributed by atoms with Gasteiger partial charge in [0.15, 0.2) is 5.65 Å². The maximum atomic E-state index is 10.9. The summed E-state index contributed by atoms with van der Waals surface area (Å²) in [6.07, 6.45) is 7.25. The van der Waals surface area contributed by atoms with E-state index >= 15 is 0 Å². The zero-order valence-corrected chi connectivity index (χ0v) is 13.4. The zero-order valence-electron chi connectivity index (χ0n) is 11.0. The molecule has 0 amide bonds. The van der Waals surface area contributed by atoms with E-state index in [9.17, 15) is 8.42 Å². The average molecular weight is 362 g/mol. The summed E-state index contributed by atoms with van der Waals surface area (Å²) >= 11 is 3.33. The summed E-state index contributed by atoms with van der Waals surface area (Å²) in [7, 11) is -3.09. The van der Waals surface area contributed by atoms with Crippen molar-refractivity contribution in [3.63, 3.8) is 0 Å². The van der Waals surface area contributed by atoms with Gasteiger partial charge in [-0.05, 0) is 28.9 Å². The van der Waals surface area contributed by atoms with E-state index in [0.717, 1.165) is 35.2 Å². The molecule has 0 fully saturated rings. The van der Waals surface area contributed by atoms with Gasteiger partial charge in [0.05, 0.1) is 24.3 Å². The van der Waals surface area contributed by atoms with Crippen molar-refractivity contribution in [1.29, 1.82) is 0 Å². The first-order valence-electron chi connectivity index (χ1n) is 6.08. The van der Waals surface area contributed by atoms with Gasteiger partial charge in [0.2, 0.25) is 10.0 Å². The van der Waals surface area contributed by atoms with Crippen molar-refractivity contribution in [2.45, 2.75) is 13.0 Å². The molecule has 110 valence electrons. The van der Waals surface area contributed by atoms with E-state index in [1.807, 2.05) is 10.6 Å². The van der Waals surface area contributed by atoms with Crippen LogP contribution in [0.4, 0.5) is 0 Å². The van der Waals surface area contributed by atoms with Crippen molar-refractivity contribution in [2.75, 3.05) is 19.3 Å². The minimum atomic E-state index is -3.09. The lowest BCUT2D eigenvalue weighted by molar-refractivity contribution is 0.578. The van der Waals surface area contributed by atoms with Gasteiger partial charge in [-0.1, -0.05) is 0 Å². The predicted molar refractivity (Wildman–Crippen MR) is 79.9 cm³/mol. The van der Waals surface area contributed by atoms with E-state index in [1.54, 1.807) is 12.4 Å². The number of fused-ring (bicyclic) bond motifs is 1. The molecule has 2 aromatic heterocycles. The largest absolute Gasteiger partial charge is 0.311 e. The van der Waals surface area contributed by atoms with Crippen molar-refractivity contribution in [1.82, 2.24) is 24.4 Å². The molecule has 2 N–H and O–H groups in total. The summed E-state index contributed by atoms with van der Waals surface area (Å²) < 4.78 is 26.9. The number of nitrogens with zero attached hydrogens (tertiary/aromatic N) is 3. The third-order valence-electron chi connectivity index (χ3n) is 2.64. The van der Waals surface area contributed by atoms with Crippen LogP contribution in [0.15, 0.2) is 23.2 Å². The van der Waals surface area contributed by atoms with E-state index in [-0.39, 0.29) is 0 Å². The van der Waals surface area contributed by atoms with Crippen LogP contribution in [0.5, 0.6) is 0 Å². The Hall–Kier alpha value is -1.03. The fraction of sp³-hybridized carbons (Fsp3) is 0.455. The Kier molecular flexibility index (Phi) is 5.08. The van der Waals surface area contributed by atoms with Crippen LogP contribution in [0.1, 0.15) is 12.1 Å². The fourth-order valence-electron chi connectivity index (χ4n) is 1.73. The van der Waals surface area contributed by atoms with Gasteiger partial charge in [-0.3, -0.25) is 4.40 Å². The maximum absolute atomic E-state index is 10.9. The number of hydrogen-bond acceptors (Lipinski definition) is 5. The molecular weight excluding hydrogens is 346 g/mol. The van der Waals surface area contributed by atoms with Crippen LogP contribution >= 0.6 is 15.9 Å². The summed E-state index contributed by atoms with van der Waals surface area (Å²) in [6.45, 7) is 1.83. The molecule has 0 aliphatic heterocycles. The number of halogens is 1. The van der Waals surface area contributed by atoms with E-state index < -0.39 is 10.0 Å². The highest BCUT2D eigenvalue weighted by molar-refractivity contribution is 9.10. The second kappa shape index (κ2) is 6.61. The molecule has 0 aromatic carbocycles. The lowest BCUT2D eigenvalue weighted by Gasteiger charge is -2.05. The second-order valence-electron chi connectivity index (χ2n) is 4.38. The smallest absolute Gasteiger partial charge is 0.208 e. The van der Waals surface area contributed by atoms with E-state index in [1.165, 1.54) is 0 Å². The summed E-state index contributed by atoms with van der Waals surface area (Å²) in [6, 6.07) is 0. The van der Waals surface area contributed by atoms with Crippen LogP contribution in [0.25, 0.3) is 5.65 Å². The van der Waals surface area contributed by atoms with Gasteiger partial charge in [0.25, 0.3) is 0 Å². The third kappa shape index (κ3) is 4.51. The molecule has 0 atom stereocenters. The second-order valence-corrected chi connectivity index (χ2v) is 7.03. The number of rotatable bonds is 7. The molecule has 0 saturated carbocycles. The summed E-state index contributed by atoms with van der Waals surface area (Å²) in [5, 5.41) is 3.25. The highest BCUT2D eigenvalue weighted by atomic mass is 79.9. The molecule has 2 aromatic rings. The Morgan fingerprint density at radius 1 is 1.30 bits per heavy atom. The number of nitrogens with one attached hydrogen (secondary N) is 2. The van der Waals surface area contributed by atoms with Crippen LogP contribution in [0.3, 0.4) is 0 Å². The third-order valence-corrected chi connectivity index (χ3v) is 3.78. The van der Waals surface area contributed by atoms with Crippen LogP contribution in [-0.4, -0.2) is 42.1 Å². The Morgan fingerprint density at radius 2 is 2.10 bits per heavy atom. The van der Waals surface area contributed by atoms with E-state index in [2.05, 4.69) is 35.9 Å². The quantitative estimate of drug-likeness (QED) is 0.702. The molecule has 0 saturated heterocycles. The SMILES string of the molecule is CS(=O)(=O)NCCCNCc1cnc2cnc(Br)cn12. The molecule has 0 aliphatic rings. The number of hydrogen-bond donors (Lipinski definition) is 2. The van der Waals surface area contributed by atoms with Gasteiger partial charge < -0.3 is 5.32 Å². The highest BCUT2D eigenvalue weighted by Crippen LogP contribution is 2.10. The molecule has 2 heterocycles. The number of aromatic nitrogens is 3. The first kappa shape index (κ1) is 15.4. The van der Waals surface area contributed by atoms with Crippen molar-refractivity contribution < 1.29 is 8.42 Å². The minimum absolute atomic E-state index is 0.439. The topological polar surface area (TPSA) is 88.4 Å². The molecular formula is C11H16BrN5O2S. The van der Waals surface area contributed by atoms with Crippen LogP contribution < -0.4 is 10.0 Å². The standard InChI is InChI=1S/C11H16BrN5O2S/c1-20(18,19)16-4-2-3-13-5-9-6-15-11-7-14-10(12)8-17(9)11/h6-8,13,16H,2-5H2,1H3. The minimum Gasteiger partial charge on any atom is -0.311 e.